The molecule has 1 aliphatic rings. The Bertz CT molecular complexity index is 746. The van der Waals surface area contributed by atoms with Gasteiger partial charge in [-0.1, -0.05) is 18.2 Å². The van der Waals surface area contributed by atoms with Gasteiger partial charge in [0.05, 0.1) is 18.8 Å². The summed E-state index contributed by atoms with van der Waals surface area (Å²) in [5, 5.41) is 5.25. The van der Waals surface area contributed by atoms with Crippen LogP contribution in [0.1, 0.15) is 29.9 Å². The first-order valence-corrected chi connectivity index (χ1v) is 8.38. The van der Waals surface area contributed by atoms with E-state index in [-0.39, 0.29) is 6.54 Å². The molecule has 0 saturated heterocycles. The normalized spacial score (nSPS) is 13.2. The largest absolute Gasteiger partial charge is 0.380 e. The molecule has 0 saturated carbocycles. The zero-order chi connectivity index (χ0) is 17.6. The number of carbonyl (C=O) groups excluding carboxylic acids is 2. The topological polar surface area (TPSA) is 85.2 Å². The van der Waals surface area contributed by atoms with Gasteiger partial charge in [0.25, 0.3) is 0 Å². The van der Waals surface area contributed by atoms with E-state index < -0.39 is 11.8 Å². The molecule has 2 N–H and O–H groups in total. The molecular weight excluding hydrogens is 320 g/mol. The first kappa shape index (κ1) is 17.2. The highest BCUT2D eigenvalue weighted by molar-refractivity contribution is 6.39. The van der Waals surface area contributed by atoms with Crippen LogP contribution in [0.4, 0.5) is 5.69 Å². The molecule has 3 rings (SSSR count). The summed E-state index contributed by atoms with van der Waals surface area (Å²) in [6.07, 6.45) is 5.20. The van der Waals surface area contributed by atoms with Crippen molar-refractivity contribution in [1.82, 2.24) is 14.9 Å². The Hall–Kier alpha value is -2.67. The number of nitrogens with one attached hydrogen (secondary N) is 2. The number of carbonyl (C=O) groups is 2. The van der Waals surface area contributed by atoms with Crippen LogP contribution in [0.15, 0.2) is 30.5 Å². The van der Waals surface area contributed by atoms with E-state index in [2.05, 4.69) is 20.2 Å². The van der Waals surface area contributed by atoms with E-state index in [1.165, 1.54) is 0 Å². The molecule has 25 heavy (non-hydrogen) atoms. The van der Waals surface area contributed by atoms with Gasteiger partial charge in [-0.15, -0.1) is 0 Å². The maximum atomic E-state index is 12.1. The molecule has 1 aromatic carbocycles. The number of aromatic nitrogens is 2. The van der Waals surface area contributed by atoms with Gasteiger partial charge in [0, 0.05) is 37.5 Å². The molecule has 7 heteroatoms. The molecule has 2 amide bonds. The monoisotopic (exact) mass is 342 g/mol. The minimum absolute atomic E-state index is 0.242. The van der Waals surface area contributed by atoms with Gasteiger partial charge >= 0.3 is 11.8 Å². The lowest BCUT2D eigenvalue weighted by molar-refractivity contribution is -0.136. The van der Waals surface area contributed by atoms with E-state index in [9.17, 15) is 9.59 Å². The van der Waals surface area contributed by atoms with Gasteiger partial charge in [-0.3, -0.25) is 9.59 Å². The second kappa shape index (κ2) is 7.94. The molecular formula is C18H22N4O3. The summed E-state index contributed by atoms with van der Waals surface area (Å²) >= 11 is 0. The van der Waals surface area contributed by atoms with Gasteiger partial charge in [-0.05, 0) is 18.9 Å². The highest BCUT2D eigenvalue weighted by Crippen LogP contribution is 2.16. The Morgan fingerprint density at radius 1 is 1.24 bits per heavy atom. The van der Waals surface area contributed by atoms with Gasteiger partial charge in [0.1, 0.15) is 5.82 Å². The number of benzene rings is 1. The van der Waals surface area contributed by atoms with Crippen molar-refractivity contribution in [2.75, 3.05) is 12.4 Å². The fourth-order valence-electron chi connectivity index (χ4n) is 2.91. The third-order valence-electron chi connectivity index (χ3n) is 4.16. The standard InChI is InChI=1S/C18H22N4O3/c1-25-12-13-6-2-3-7-15(13)21-18(24)17(23)19-10-14-11-22-9-5-4-8-16(22)20-14/h2-3,6-7,11H,4-5,8-10,12H2,1H3,(H,19,23)(H,21,24). The quantitative estimate of drug-likeness (QED) is 0.809. The van der Waals surface area contributed by atoms with Crippen molar-refractivity contribution in [2.45, 2.75) is 39.0 Å². The number of imidazole rings is 1. The van der Waals surface area contributed by atoms with Crippen LogP contribution in [0.2, 0.25) is 0 Å². The number of rotatable bonds is 5. The lowest BCUT2D eigenvalue weighted by Gasteiger charge is -2.11. The molecule has 1 aromatic heterocycles. The lowest BCUT2D eigenvalue weighted by Crippen LogP contribution is -2.35. The van der Waals surface area contributed by atoms with E-state index in [1.807, 2.05) is 18.3 Å². The van der Waals surface area contributed by atoms with Crippen molar-refractivity contribution in [3.05, 3.63) is 47.5 Å². The van der Waals surface area contributed by atoms with Gasteiger partial charge in [-0.25, -0.2) is 4.98 Å². The van der Waals surface area contributed by atoms with Gasteiger partial charge < -0.3 is 19.9 Å². The number of anilines is 1. The Labute approximate surface area is 146 Å². The highest BCUT2D eigenvalue weighted by Gasteiger charge is 2.17. The first-order valence-electron chi connectivity index (χ1n) is 8.38. The van der Waals surface area contributed by atoms with E-state index in [1.54, 1.807) is 19.2 Å². The third-order valence-corrected chi connectivity index (χ3v) is 4.16. The van der Waals surface area contributed by atoms with Crippen LogP contribution in [-0.4, -0.2) is 28.5 Å². The molecule has 132 valence electrons. The smallest absolute Gasteiger partial charge is 0.313 e. The third kappa shape index (κ3) is 4.24. The molecule has 7 nitrogen and oxygen atoms in total. The number of hydrogen-bond donors (Lipinski definition) is 2. The van der Waals surface area contributed by atoms with Crippen LogP contribution in [-0.2, 0) is 40.4 Å². The number of amides is 2. The minimum Gasteiger partial charge on any atom is -0.380 e. The number of ether oxygens (including phenoxy) is 1. The molecule has 0 fully saturated rings. The molecule has 2 heterocycles. The first-order chi connectivity index (χ1) is 12.2. The number of methoxy groups -OCH3 is 1. The van der Waals surface area contributed by atoms with Crippen molar-refractivity contribution in [1.29, 1.82) is 0 Å². The zero-order valence-electron chi connectivity index (χ0n) is 14.2. The van der Waals surface area contributed by atoms with Crippen LogP contribution >= 0.6 is 0 Å². The second-order valence-electron chi connectivity index (χ2n) is 6.03. The van der Waals surface area contributed by atoms with Crippen molar-refractivity contribution in [3.63, 3.8) is 0 Å². The zero-order valence-corrected chi connectivity index (χ0v) is 14.2. The van der Waals surface area contributed by atoms with Crippen LogP contribution in [0.3, 0.4) is 0 Å². The van der Waals surface area contributed by atoms with Gasteiger partial charge in [0.2, 0.25) is 0 Å². The number of hydrogen-bond acceptors (Lipinski definition) is 4. The molecule has 2 aromatic rings. The summed E-state index contributed by atoms with van der Waals surface area (Å²) in [6, 6.07) is 7.22. The Kier molecular flexibility index (Phi) is 5.45. The summed E-state index contributed by atoms with van der Waals surface area (Å²) in [5.41, 5.74) is 2.16. The van der Waals surface area contributed by atoms with Crippen molar-refractivity contribution >= 4 is 17.5 Å². The van der Waals surface area contributed by atoms with E-state index >= 15 is 0 Å². The Balaban J connectivity index is 1.56. The Morgan fingerprint density at radius 2 is 2.08 bits per heavy atom. The molecule has 0 spiro atoms. The number of fused-ring (bicyclic) bond motifs is 1. The highest BCUT2D eigenvalue weighted by atomic mass is 16.5. The summed E-state index contributed by atoms with van der Waals surface area (Å²) in [7, 11) is 1.58. The molecule has 1 aliphatic heterocycles. The fraction of sp³-hybridized carbons (Fsp3) is 0.389. The van der Waals surface area contributed by atoms with Gasteiger partial charge in [-0.2, -0.15) is 0 Å². The van der Waals surface area contributed by atoms with Crippen molar-refractivity contribution in [2.24, 2.45) is 0 Å². The van der Waals surface area contributed by atoms with E-state index in [0.29, 0.717) is 12.3 Å². The average molecular weight is 342 g/mol. The van der Waals surface area contributed by atoms with Crippen LogP contribution in [0.25, 0.3) is 0 Å². The SMILES string of the molecule is COCc1ccccc1NC(=O)C(=O)NCc1cn2c(n1)CCCC2. The van der Waals surface area contributed by atoms with Crippen LogP contribution in [0, 0.1) is 0 Å². The van der Waals surface area contributed by atoms with E-state index in [0.717, 1.165) is 42.9 Å². The summed E-state index contributed by atoms with van der Waals surface area (Å²) in [5.74, 6) is -0.334. The molecule has 0 bridgehead atoms. The molecule has 0 aliphatic carbocycles. The average Bonchev–Trinajstić information content (AvgIpc) is 3.04. The summed E-state index contributed by atoms with van der Waals surface area (Å²) < 4.78 is 7.21. The number of nitrogens with zero attached hydrogens (tertiary/aromatic N) is 2. The minimum atomic E-state index is -0.701. The van der Waals surface area contributed by atoms with Crippen LogP contribution in [0.5, 0.6) is 0 Å². The predicted molar refractivity (Wildman–Crippen MR) is 92.8 cm³/mol. The number of aryl methyl sites for hydroxylation is 2. The number of para-hydroxylation sites is 1. The summed E-state index contributed by atoms with van der Waals surface area (Å²) in [4.78, 5) is 28.6. The fourth-order valence-corrected chi connectivity index (χ4v) is 2.91. The van der Waals surface area contributed by atoms with Crippen LogP contribution < -0.4 is 10.6 Å². The predicted octanol–water partition coefficient (Wildman–Crippen LogP) is 1.62. The molecule has 0 atom stereocenters. The lowest BCUT2D eigenvalue weighted by atomic mass is 10.2. The molecule has 0 radical (unpaired) electrons. The summed E-state index contributed by atoms with van der Waals surface area (Å²) in [6.45, 7) is 1.57. The van der Waals surface area contributed by atoms with E-state index in [4.69, 9.17) is 4.74 Å². The maximum absolute atomic E-state index is 12.1. The van der Waals surface area contributed by atoms with Gasteiger partial charge in [0.15, 0.2) is 0 Å². The second-order valence-corrected chi connectivity index (χ2v) is 6.03. The van der Waals surface area contributed by atoms with Crippen molar-refractivity contribution in [3.8, 4) is 0 Å². The maximum Gasteiger partial charge on any atom is 0.313 e. The molecule has 0 unspecified atom stereocenters. The van der Waals surface area contributed by atoms with Crippen molar-refractivity contribution < 1.29 is 14.3 Å². The Morgan fingerprint density at radius 3 is 2.88 bits per heavy atom.